The molecule has 0 fully saturated rings. The molecule has 4 aromatic rings. The van der Waals surface area contributed by atoms with Crippen LogP contribution in [0.4, 0.5) is 5.69 Å². The molecule has 0 aliphatic carbocycles. The highest BCUT2D eigenvalue weighted by atomic mass is 32.2. The minimum atomic E-state index is -3.98. The van der Waals surface area contributed by atoms with Gasteiger partial charge in [0.25, 0.3) is 10.0 Å². The van der Waals surface area contributed by atoms with Crippen LogP contribution in [0.25, 0.3) is 11.0 Å². The van der Waals surface area contributed by atoms with Crippen LogP contribution in [-0.4, -0.2) is 66.0 Å². The number of nitrogens with two attached hydrogens (primary N) is 1. The number of aromatic nitrogens is 2. The number of nitrogens with zero attached hydrogens (tertiary/aromatic N) is 4. The van der Waals surface area contributed by atoms with E-state index in [1.807, 2.05) is 55.8 Å². The standard InChI is InChI=1S/C30H36N6O4S/c1-4-35(5-2)18-19-36(41(39,40)25-14-11-23(12-15-25)30(37)38)24-13-16-27-26(20-24)33-28(34(27)3)17-8-21-6-9-22(10-7-21)29(31)32/h6-7,9-16,20H,4-5,8,17-19H2,1-3H3,(H3,31,32)(H,37,38). The van der Waals surface area contributed by atoms with E-state index in [4.69, 9.17) is 16.1 Å². The molecular formula is C30H36N6O4S. The first-order valence-electron chi connectivity index (χ1n) is 13.5. The Morgan fingerprint density at radius 1 is 0.951 bits per heavy atom. The number of carboxylic acids is 1. The third-order valence-corrected chi connectivity index (χ3v) is 9.19. The normalized spacial score (nSPS) is 11.7. The molecule has 0 atom stereocenters. The topological polar surface area (TPSA) is 146 Å². The van der Waals surface area contributed by atoms with Gasteiger partial charge in [-0.25, -0.2) is 18.2 Å². The molecule has 11 heteroatoms. The lowest BCUT2D eigenvalue weighted by atomic mass is 10.1. The summed E-state index contributed by atoms with van der Waals surface area (Å²) in [5.41, 5.74) is 9.44. The number of rotatable bonds is 13. The summed E-state index contributed by atoms with van der Waals surface area (Å²) in [5, 5.41) is 16.8. The van der Waals surface area contributed by atoms with E-state index in [1.165, 1.54) is 28.6 Å². The van der Waals surface area contributed by atoms with Crippen LogP contribution in [0.3, 0.4) is 0 Å². The van der Waals surface area contributed by atoms with Crippen molar-refractivity contribution in [3.63, 3.8) is 0 Å². The summed E-state index contributed by atoms with van der Waals surface area (Å²) in [7, 11) is -2.03. The van der Waals surface area contributed by atoms with Crippen molar-refractivity contribution >= 4 is 38.5 Å². The number of amidine groups is 1. The van der Waals surface area contributed by atoms with Crippen LogP contribution in [0.5, 0.6) is 0 Å². The van der Waals surface area contributed by atoms with Crippen molar-refractivity contribution in [3.8, 4) is 0 Å². The van der Waals surface area contributed by atoms with Gasteiger partial charge in [-0.3, -0.25) is 9.71 Å². The molecule has 0 radical (unpaired) electrons. The number of aromatic carboxylic acids is 1. The molecule has 1 heterocycles. The fourth-order valence-electron chi connectivity index (χ4n) is 4.78. The third-order valence-electron chi connectivity index (χ3n) is 7.35. The first-order chi connectivity index (χ1) is 19.5. The zero-order valence-corrected chi connectivity index (χ0v) is 24.4. The Labute approximate surface area is 240 Å². The first-order valence-corrected chi connectivity index (χ1v) is 15.0. The Morgan fingerprint density at radius 2 is 1.59 bits per heavy atom. The number of imidazole rings is 1. The Morgan fingerprint density at radius 3 is 2.17 bits per heavy atom. The predicted octanol–water partition coefficient (Wildman–Crippen LogP) is 3.88. The van der Waals surface area contributed by atoms with Crippen LogP contribution in [0.2, 0.25) is 0 Å². The molecular weight excluding hydrogens is 540 g/mol. The maximum atomic E-state index is 13.9. The lowest BCUT2D eigenvalue weighted by molar-refractivity contribution is 0.0696. The van der Waals surface area contributed by atoms with Crippen molar-refractivity contribution in [1.29, 1.82) is 5.41 Å². The van der Waals surface area contributed by atoms with Crippen molar-refractivity contribution < 1.29 is 18.3 Å². The second-order valence-electron chi connectivity index (χ2n) is 9.80. The van der Waals surface area contributed by atoms with E-state index >= 15 is 0 Å². The number of anilines is 1. The molecule has 0 aliphatic heterocycles. The minimum absolute atomic E-state index is 0.0240. The molecule has 0 bridgehead atoms. The van der Waals surface area contributed by atoms with E-state index in [9.17, 15) is 18.3 Å². The zero-order valence-electron chi connectivity index (χ0n) is 23.5. The van der Waals surface area contributed by atoms with Gasteiger partial charge in [-0.1, -0.05) is 38.1 Å². The molecule has 216 valence electrons. The van der Waals surface area contributed by atoms with Gasteiger partial charge in [0.05, 0.1) is 27.2 Å². The molecule has 3 aromatic carbocycles. The summed E-state index contributed by atoms with van der Waals surface area (Å²) in [6.07, 6.45) is 1.43. The maximum Gasteiger partial charge on any atom is 0.335 e. The minimum Gasteiger partial charge on any atom is -0.478 e. The number of hydrogen-bond donors (Lipinski definition) is 3. The van der Waals surface area contributed by atoms with Gasteiger partial charge in [0, 0.05) is 32.1 Å². The average molecular weight is 577 g/mol. The summed E-state index contributed by atoms with van der Waals surface area (Å²) < 4.78 is 31.1. The van der Waals surface area contributed by atoms with Crippen molar-refractivity contribution in [2.45, 2.75) is 31.6 Å². The Hall–Kier alpha value is -4.22. The molecule has 41 heavy (non-hydrogen) atoms. The SMILES string of the molecule is CCN(CC)CCN(c1ccc2c(c1)nc(CCc1ccc(C(=N)N)cc1)n2C)S(=O)(=O)c1ccc(C(=O)O)cc1. The van der Waals surface area contributed by atoms with Gasteiger partial charge < -0.3 is 20.3 Å². The van der Waals surface area contributed by atoms with Gasteiger partial charge >= 0.3 is 5.97 Å². The molecule has 0 unspecified atom stereocenters. The van der Waals surface area contributed by atoms with E-state index in [1.54, 1.807) is 12.1 Å². The lowest BCUT2D eigenvalue weighted by Crippen LogP contribution is -2.38. The number of aryl methyl sites for hydroxylation is 3. The summed E-state index contributed by atoms with van der Waals surface area (Å²) in [5.74, 6) is -0.209. The number of benzene rings is 3. The highest BCUT2D eigenvalue weighted by molar-refractivity contribution is 7.92. The van der Waals surface area contributed by atoms with Crippen molar-refractivity contribution in [2.24, 2.45) is 12.8 Å². The molecule has 0 aliphatic rings. The maximum absolute atomic E-state index is 13.9. The van der Waals surface area contributed by atoms with E-state index in [0.29, 0.717) is 29.7 Å². The van der Waals surface area contributed by atoms with Crippen LogP contribution in [0, 0.1) is 5.41 Å². The second-order valence-corrected chi connectivity index (χ2v) is 11.7. The zero-order chi connectivity index (χ0) is 29.7. The van der Waals surface area contributed by atoms with Gasteiger partial charge in [0.1, 0.15) is 11.7 Å². The molecule has 0 spiro atoms. The number of carboxylic acid groups (broad SMARTS) is 1. The number of fused-ring (bicyclic) bond motifs is 1. The van der Waals surface area contributed by atoms with Crippen LogP contribution in [0.1, 0.15) is 41.2 Å². The fourth-order valence-corrected chi connectivity index (χ4v) is 6.23. The Kier molecular flexibility index (Phi) is 9.09. The van der Waals surface area contributed by atoms with Gasteiger partial charge in [0.2, 0.25) is 0 Å². The molecule has 1 aromatic heterocycles. The average Bonchev–Trinajstić information content (AvgIpc) is 3.28. The smallest absolute Gasteiger partial charge is 0.335 e. The highest BCUT2D eigenvalue weighted by Crippen LogP contribution is 2.28. The summed E-state index contributed by atoms with van der Waals surface area (Å²) in [6.45, 7) is 6.41. The van der Waals surface area contributed by atoms with Crippen LogP contribution < -0.4 is 10.0 Å². The molecule has 4 rings (SSSR count). The first kappa shape index (κ1) is 29.8. The largest absolute Gasteiger partial charge is 0.478 e. The number of carbonyl (C=O) groups is 1. The van der Waals surface area contributed by atoms with Gasteiger partial charge in [-0.15, -0.1) is 0 Å². The van der Waals surface area contributed by atoms with E-state index in [2.05, 4.69) is 4.90 Å². The number of sulfonamides is 1. The lowest BCUT2D eigenvalue weighted by Gasteiger charge is -2.28. The molecule has 0 saturated carbocycles. The van der Waals surface area contributed by atoms with Gasteiger partial charge in [-0.05, 0) is 67.5 Å². The Balaban J connectivity index is 1.65. The number of likely N-dealkylation sites (N-methyl/N-ethyl adjacent to an activating group) is 1. The van der Waals surface area contributed by atoms with Crippen molar-refractivity contribution in [3.05, 3.63) is 89.2 Å². The van der Waals surface area contributed by atoms with E-state index < -0.39 is 16.0 Å². The summed E-state index contributed by atoms with van der Waals surface area (Å²) in [4.78, 5) is 18.3. The predicted molar refractivity (Wildman–Crippen MR) is 161 cm³/mol. The summed E-state index contributed by atoms with van der Waals surface area (Å²) in [6, 6.07) is 18.3. The molecule has 0 saturated heterocycles. The molecule has 4 N–H and O–H groups in total. The summed E-state index contributed by atoms with van der Waals surface area (Å²) >= 11 is 0. The number of hydrogen-bond acceptors (Lipinski definition) is 6. The highest BCUT2D eigenvalue weighted by Gasteiger charge is 2.26. The van der Waals surface area contributed by atoms with E-state index in [-0.39, 0.29) is 22.8 Å². The molecule has 0 amide bonds. The quantitative estimate of drug-likeness (QED) is 0.162. The monoisotopic (exact) mass is 576 g/mol. The third kappa shape index (κ3) is 6.58. The van der Waals surface area contributed by atoms with Crippen LogP contribution in [0.15, 0.2) is 71.6 Å². The van der Waals surface area contributed by atoms with E-state index in [0.717, 1.165) is 36.4 Å². The van der Waals surface area contributed by atoms with Gasteiger partial charge in [-0.2, -0.15) is 0 Å². The van der Waals surface area contributed by atoms with Crippen molar-refractivity contribution in [1.82, 2.24) is 14.5 Å². The van der Waals surface area contributed by atoms with Crippen molar-refractivity contribution in [2.75, 3.05) is 30.5 Å². The fraction of sp³-hybridized carbons (Fsp3) is 0.300. The van der Waals surface area contributed by atoms with Crippen LogP contribution >= 0.6 is 0 Å². The van der Waals surface area contributed by atoms with Crippen LogP contribution in [-0.2, 0) is 29.9 Å². The second kappa shape index (κ2) is 12.5. The Bertz CT molecular complexity index is 1640. The van der Waals surface area contributed by atoms with Gasteiger partial charge in [0.15, 0.2) is 0 Å². The number of nitrogen functional groups attached to an aromatic ring is 1. The number of nitrogens with one attached hydrogen (secondary N) is 1. The molecule has 10 nitrogen and oxygen atoms in total.